The van der Waals surface area contributed by atoms with Gasteiger partial charge in [0.05, 0.1) is 5.56 Å². The number of amides is 1. The molecule has 0 unspecified atom stereocenters. The summed E-state index contributed by atoms with van der Waals surface area (Å²) in [6.07, 6.45) is 5.81. The third kappa shape index (κ3) is 3.93. The van der Waals surface area contributed by atoms with Crippen molar-refractivity contribution in [1.82, 2.24) is 4.90 Å². The molecule has 1 aromatic rings. The average molecular weight is 454 g/mol. The standard InChI is InChI=1S/C15H18BrFINO/c16-8-9-19(12-4-2-1-3-5-12)15(20)13-7-6-11(17)10-14(13)18/h6-7,10,12H,1-5,8-9H2. The van der Waals surface area contributed by atoms with Gasteiger partial charge in [0.2, 0.25) is 0 Å². The Morgan fingerprint density at radius 3 is 2.65 bits per heavy atom. The number of rotatable bonds is 4. The SMILES string of the molecule is O=C(c1ccc(F)cc1I)N(CCBr)C1CCCCC1. The molecule has 1 fully saturated rings. The van der Waals surface area contributed by atoms with E-state index in [0.29, 0.717) is 21.7 Å². The second-order valence-corrected chi connectivity index (χ2v) is 7.06. The number of alkyl halides is 1. The molecule has 0 saturated heterocycles. The number of nitrogens with zero attached hydrogens (tertiary/aromatic N) is 1. The maximum Gasteiger partial charge on any atom is 0.255 e. The summed E-state index contributed by atoms with van der Waals surface area (Å²) in [7, 11) is 0. The van der Waals surface area contributed by atoms with Gasteiger partial charge in [0.25, 0.3) is 5.91 Å². The third-order valence-corrected chi connectivity index (χ3v) is 5.01. The Hall–Kier alpha value is -0.170. The topological polar surface area (TPSA) is 20.3 Å². The van der Waals surface area contributed by atoms with Crippen LogP contribution in [0.2, 0.25) is 0 Å². The zero-order chi connectivity index (χ0) is 14.5. The molecule has 2 nitrogen and oxygen atoms in total. The molecule has 0 bridgehead atoms. The van der Waals surface area contributed by atoms with Gasteiger partial charge in [-0.2, -0.15) is 0 Å². The molecule has 20 heavy (non-hydrogen) atoms. The average Bonchev–Trinajstić information content (AvgIpc) is 2.45. The van der Waals surface area contributed by atoms with Gasteiger partial charge < -0.3 is 4.90 Å². The van der Waals surface area contributed by atoms with Crippen molar-refractivity contribution in [1.29, 1.82) is 0 Å². The van der Waals surface area contributed by atoms with E-state index in [4.69, 9.17) is 0 Å². The van der Waals surface area contributed by atoms with Crippen molar-refractivity contribution in [2.75, 3.05) is 11.9 Å². The summed E-state index contributed by atoms with van der Waals surface area (Å²) < 4.78 is 13.9. The largest absolute Gasteiger partial charge is 0.335 e. The molecule has 0 radical (unpaired) electrons. The van der Waals surface area contributed by atoms with E-state index in [2.05, 4.69) is 15.9 Å². The predicted octanol–water partition coefficient (Wildman–Crippen LogP) is 4.60. The van der Waals surface area contributed by atoms with Crippen LogP contribution < -0.4 is 0 Å². The molecule has 110 valence electrons. The van der Waals surface area contributed by atoms with Gasteiger partial charge >= 0.3 is 0 Å². The fourth-order valence-electron chi connectivity index (χ4n) is 2.75. The summed E-state index contributed by atoms with van der Waals surface area (Å²) in [5.74, 6) is -0.267. The fraction of sp³-hybridized carbons (Fsp3) is 0.533. The Labute approximate surface area is 141 Å². The lowest BCUT2D eigenvalue weighted by Crippen LogP contribution is -2.42. The summed E-state index contributed by atoms with van der Waals surface area (Å²) in [6, 6.07) is 4.71. The molecule has 1 aliphatic carbocycles. The minimum absolute atomic E-state index is 0.0285. The van der Waals surface area contributed by atoms with Gasteiger partial charge in [-0.25, -0.2) is 4.39 Å². The van der Waals surface area contributed by atoms with Gasteiger partial charge in [-0.3, -0.25) is 4.79 Å². The van der Waals surface area contributed by atoms with Crippen molar-refractivity contribution >= 4 is 44.4 Å². The van der Waals surface area contributed by atoms with Gasteiger partial charge in [0.1, 0.15) is 5.82 Å². The maximum atomic E-state index is 13.2. The first-order valence-corrected chi connectivity index (χ1v) is 9.15. The molecule has 0 aromatic heterocycles. The van der Waals surface area contributed by atoms with Crippen LogP contribution in [-0.2, 0) is 0 Å². The van der Waals surface area contributed by atoms with Gasteiger partial charge in [-0.1, -0.05) is 35.2 Å². The van der Waals surface area contributed by atoms with Crippen LogP contribution in [0.1, 0.15) is 42.5 Å². The van der Waals surface area contributed by atoms with Crippen molar-refractivity contribution in [3.8, 4) is 0 Å². The summed E-state index contributed by atoms with van der Waals surface area (Å²) in [5.41, 5.74) is 0.610. The number of halogens is 3. The molecule has 0 spiro atoms. The molecule has 0 atom stereocenters. The first-order chi connectivity index (χ1) is 9.63. The lowest BCUT2D eigenvalue weighted by Gasteiger charge is -2.34. The quantitative estimate of drug-likeness (QED) is 0.482. The van der Waals surface area contributed by atoms with Crippen LogP contribution in [0.4, 0.5) is 4.39 Å². The van der Waals surface area contributed by atoms with Gasteiger partial charge in [0, 0.05) is 21.5 Å². The van der Waals surface area contributed by atoms with Crippen LogP contribution in [0.15, 0.2) is 18.2 Å². The Balaban J connectivity index is 2.21. The number of carbonyl (C=O) groups is 1. The fourth-order valence-corrected chi connectivity index (χ4v) is 3.84. The summed E-state index contributed by atoms with van der Waals surface area (Å²) in [5, 5.41) is 0.771. The molecular weight excluding hydrogens is 436 g/mol. The number of carbonyl (C=O) groups excluding carboxylic acids is 1. The molecule has 2 rings (SSSR count). The molecule has 0 heterocycles. The summed E-state index contributed by atoms with van der Waals surface area (Å²) >= 11 is 5.47. The van der Waals surface area contributed by atoms with Crippen LogP contribution in [0.5, 0.6) is 0 Å². The van der Waals surface area contributed by atoms with Crippen LogP contribution in [0.3, 0.4) is 0 Å². The second kappa shape index (κ2) is 7.73. The smallest absolute Gasteiger partial charge is 0.255 e. The molecule has 1 aromatic carbocycles. The lowest BCUT2D eigenvalue weighted by atomic mass is 9.93. The second-order valence-electron chi connectivity index (χ2n) is 5.10. The minimum atomic E-state index is -0.296. The maximum absolute atomic E-state index is 13.2. The molecule has 0 N–H and O–H groups in total. The molecular formula is C15H18BrFINO. The minimum Gasteiger partial charge on any atom is -0.335 e. The van der Waals surface area contributed by atoms with Crippen LogP contribution >= 0.6 is 38.5 Å². The highest BCUT2D eigenvalue weighted by Crippen LogP contribution is 2.25. The van der Waals surface area contributed by atoms with Crippen molar-refractivity contribution in [2.45, 2.75) is 38.1 Å². The monoisotopic (exact) mass is 453 g/mol. The zero-order valence-electron chi connectivity index (χ0n) is 11.2. The predicted molar refractivity (Wildman–Crippen MR) is 90.8 cm³/mol. The van der Waals surface area contributed by atoms with Crippen molar-refractivity contribution < 1.29 is 9.18 Å². The van der Waals surface area contributed by atoms with E-state index in [1.54, 1.807) is 6.07 Å². The Bertz CT molecular complexity index is 477. The van der Waals surface area contributed by atoms with Gasteiger partial charge in [-0.05, 0) is 53.6 Å². The van der Waals surface area contributed by atoms with E-state index in [1.165, 1.54) is 31.4 Å². The number of hydrogen-bond donors (Lipinski definition) is 0. The van der Waals surface area contributed by atoms with E-state index in [1.807, 2.05) is 27.5 Å². The summed E-state index contributed by atoms with van der Waals surface area (Å²) in [6.45, 7) is 0.705. The molecule has 1 amide bonds. The van der Waals surface area contributed by atoms with Crippen molar-refractivity contribution in [2.24, 2.45) is 0 Å². The number of benzene rings is 1. The molecule has 1 saturated carbocycles. The van der Waals surface area contributed by atoms with Crippen molar-refractivity contribution in [3.05, 3.63) is 33.1 Å². The highest BCUT2D eigenvalue weighted by Gasteiger charge is 2.26. The van der Waals surface area contributed by atoms with E-state index < -0.39 is 0 Å². The molecule has 1 aliphatic rings. The normalized spacial score (nSPS) is 16.1. The van der Waals surface area contributed by atoms with E-state index in [0.717, 1.165) is 18.2 Å². The van der Waals surface area contributed by atoms with Crippen molar-refractivity contribution in [3.63, 3.8) is 0 Å². The molecule has 5 heteroatoms. The summed E-state index contributed by atoms with van der Waals surface area (Å²) in [4.78, 5) is 14.7. The highest BCUT2D eigenvalue weighted by atomic mass is 127. The Morgan fingerprint density at radius 2 is 2.05 bits per heavy atom. The van der Waals surface area contributed by atoms with Gasteiger partial charge in [0.15, 0.2) is 0 Å². The van der Waals surface area contributed by atoms with Crippen LogP contribution in [0, 0.1) is 9.39 Å². The van der Waals surface area contributed by atoms with E-state index in [9.17, 15) is 9.18 Å². The molecule has 0 aliphatic heterocycles. The number of hydrogen-bond acceptors (Lipinski definition) is 1. The Kier molecular flexibility index (Phi) is 6.26. The van der Waals surface area contributed by atoms with E-state index >= 15 is 0 Å². The first kappa shape index (κ1) is 16.2. The zero-order valence-corrected chi connectivity index (χ0v) is 15.0. The third-order valence-electron chi connectivity index (χ3n) is 3.76. The van der Waals surface area contributed by atoms with E-state index in [-0.39, 0.29) is 11.7 Å². The first-order valence-electron chi connectivity index (χ1n) is 6.95. The highest BCUT2D eigenvalue weighted by molar-refractivity contribution is 14.1. The van der Waals surface area contributed by atoms with Gasteiger partial charge in [-0.15, -0.1) is 0 Å². The van der Waals surface area contributed by atoms with Crippen LogP contribution in [0.25, 0.3) is 0 Å². The lowest BCUT2D eigenvalue weighted by molar-refractivity contribution is 0.0650. The Morgan fingerprint density at radius 1 is 1.35 bits per heavy atom. The van der Waals surface area contributed by atoms with Crippen LogP contribution in [-0.4, -0.2) is 28.7 Å².